The fourth-order valence-electron chi connectivity index (χ4n) is 1.49. The van der Waals surface area contributed by atoms with Crippen molar-refractivity contribution in [1.29, 1.82) is 0 Å². The van der Waals surface area contributed by atoms with Crippen LogP contribution in [0.2, 0.25) is 0 Å². The van der Waals surface area contributed by atoms with Gasteiger partial charge in [-0.25, -0.2) is 4.79 Å². The Hall–Kier alpha value is -1.84. The lowest BCUT2D eigenvalue weighted by Crippen LogP contribution is -2.39. The first-order valence-electron chi connectivity index (χ1n) is 4.39. The number of amides is 2. The largest absolute Gasteiger partial charge is 0.322 e. The Bertz CT molecular complexity index is 376. The summed E-state index contributed by atoms with van der Waals surface area (Å²) in [6.45, 7) is 0.640. The van der Waals surface area contributed by atoms with Crippen LogP contribution in [0.15, 0.2) is 24.3 Å². The molecule has 1 aliphatic rings. The minimum Gasteiger partial charge on any atom is -0.313 e. The molecule has 14 heavy (non-hydrogen) atoms. The Morgan fingerprint density at radius 1 is 1.43 bits per heavy atom. The maximum absolute atomic E-state index is 11.4. The van der Waals surface area contributed by atoms with Crippen molar-refractivity contribution in [3.05, 3.63) is 29.8 Å². The smallest absolute Gasteiger partial charge is 0.313 e. The van der Waals surface area contributed by atoms with E-state index in [-0.39, 0.29) is 12.6 Å². The number of nitrogens with one attached hydrogen (secondary N) is 1. The summed E-state index contributed by atoms with van der Waals surface area (Å²) in [6.07, 6.45) is 0.730. The van der Waals surface area contributed by atoms with Gasteiger partial charge in [0.25, 0.3) is 0 Å². The maximum atomic E-state index is 11.4. The number of rotatable bonds is 2. The van der Waals surface area contributed by atoms with Crippen LogP contribution in [0.4, 0.5) is 10.5 Å². The average molecular weight is 190 g/mol. The molecule has 0 bridgehead atoms. The highest BCUT2D eigenvalue weighted by molar-refractivity contribution is 5.93. The predicted molar refractivity (Wildman–Crippen MR) is 51.9 cm³/mol. The molecule has 2 amide bonds. The molecule has 0 aromatic heterocycles. The zero-order valence-corrected chi connectivity index (χ0v) is 7.56. The highest BCUT2D eigenvalue weighted by Crippen LogP contribution is 2.21. The van der Waals surface area contributed by atoms with Gasteiger partial charge in [-0.2, -0.15) is 0 Å². The van der Waals surface area contributed by atoms with Crippen LogP contribution in [0.1, 0.15) is 5.56 Å². The van der Waals surface area contributed by atoms with Crippen LogP contribution in [0.3, 0.4) is 0 Å². The molecule has 4 nitrogen and oxygen atoms in total. The molecule has 1 aliphatic heterocycles. The maximum Gasteiger partial charge on any atom is 0.322 e. The molecular formula is C10H10N2O2. The first-order chi connectivity index (χ1) is 6.81. The van der Waals surface area contributed by atoms with Crippen molar-refractivity contribution >= 4 is 18.0 Å². The van der Waals surface area contributed by atoms with Crippen LogP contribution in [0, 0.1) is 0 Å². The third-order valence-corrected chi connectivity index (χ3v) is 2.20. The van der Waals surface area contributed by atoms with Crippen LogP contribution >= 0.6 is 0 Å². The first kappa shape index (κ1) is 8.74. The Balaban J connectivity index is 2.26. The molecule has 1 heterocycles. The van der Waals surface area contributed by atoms with Gasteiger partial charge in [0, 0.05) is 12.2 Å². The molecule has 0 radical (unpaired) electrons. The average Bonchev–Trinajstić information content (AvgIpc) is 2.19. The molecule has 0 unspecified atom stereocenters. The van der Waals surface area contributed by atoms with Gasteiger partial charge in [-0.1, -0.05) is 18.2 Å². The molecule has 4 heteroatoms. The third-order valence-electron chi connectivity index (χ3n) is 2.20. The van der Waals surface area contributed by atoms with Gasteiger partial charge in [0.2, 0.25) is 0 Å². The van der Waals surface area contributed by atoms with Crippen LogP contribution in [-0.4, -0.2) is 23.8 Å². The fourth-order valence-corrected chi connectivity index (χ4v) is 1.49. The van der Waals surface area contributed by atoms with Crippen molar-refractivity contribution in [3.8, 4) is 0 Å². The van der Waals surface area contributed by atoms with E-state index in [1.807, 2.05) is 24.3 Å². The van der Waals surface area contributed by atoms with Crippen molar-refractivity contribution < 1.29 is 9.59 Å². The number of carbonyl (C=O) groups excluding carboxylic acids is 2. The second kappa shape index (κ2) is 3.49. The summed E-state index contributed by atoms with van der Waals surface area (Å²) in [4.78, 5) is 23.2. The number of carbonyl (C=O) groups is 2. The summed E-state index contributed by atoms with van der Waals surface area (Å²) in [5, 5.41) is 2.72. The molecule has 72 valence electrons. The highest BCUT2D eigenvalue weighted by atomic mass is 16.2. The molecule has 1 aromatic rings. The standard InChI is InChI=1S/C10H10N2O2/c13-6-5-12-7-8-3-1-2-4-9(8)11-10(12)14/h1-4,6H,5,7H2,(H,11,14). The quantitative estimate of drug-likeness (QED) is 0.713. The van der Waals surface area contributed by atoms with E-state index in [0.29, 0.717) is 6.54 Å². The number of para-hydroxylation sites is 1. The van der Waals surface area contributed by atoms with Gasteiger partial charge < -0.3 is 15.0 Å². The van der Waals surface area contributed by atoms with E-state index in [9.17, 15) is 9.59 Å². The third kappa shape index (κ3) is 1.46. The normalized spacial score (nSPS) is 14.6. The molecular weight excluding hydrogens is 180 g/mol. The Morgan fingerprint density at radius 2 is 2.21 bits per heavy atom. The van der Waals surface area contributed by atoms with E-state index < -0.39 is 0 Å². The van der Waals surface area contributed by atoms with E-state index in [1.54, 1.807) is 0 Å². The van der Waals surface area contributed by atoms with Gasteiger partial charge in [0.1, 0.15) is 6.29 Å². The summed E-state index contributed by atoms with van der Waals surface area (Å²) in [5.74, 6) is 0. The van der Waals surface area contributed by atoms with E-state index in [1.165, 1.54) is 4.90 Å². The summed E-state index contributed by atoms with van der Waals surface area (Å²) in [5.41, 5.74) is 1.87. The number of fused-ring (bicyclic) bond motifs is 1. The molecule has 2 rings (SSSR count). The second-order valence-corrected chi connectivity index (χ2v) is 3.13. The number of urea groups is 1. The number of hydrogen-bond donors (Lipinski definition) is 1. The Morgan fingerprint density at radius 3 is 3.00 bits per heavy atom. The van der Waals surface area contributed by atoms with Crippen LogP contribution in [-0.2, 0) is 11.3 Å². The van der Waals surface area contributed by atoms with Crippen molar-refractivity contribution in [2.75, 3.05) is 11.9 Å². The van der Waals surface area contributed by atoms with E-state index in [0.717, 1.165) is 17.5 Å². The number of anilines is 1. The molecule has 0 spiro atoms. The van der Waals surface area contributed by atoms with Crippen molar-refractivity contribution in [2.45, 2.75) is 6.54 Å². The summed E-state index contributed by atoms with van der Waals surface area (Å²) in [6, 6.07) is 7.36. The zero-order valence-electron chi connectivity index (χ0n) is 7.56. The highest BCUT2D eigenvalue weighted by Gasteiger charge is 2.20. The molecule has 0 saturated heterocycles. The van der Waals surface area contributed by atoms with Gasteiger partial charge in [-0.05, 0) is 11.6 Å². The van der Waals surface area contributed by atoms with Crippen LogP contribution in [0.5, 0.6) is 0 Å². The van der Waals surface area contributed by atoms with Gasteiger partial charge in [0.05, 0.1) is 6.54 Å². The summed E-state index contributed by atoms with van der Waals surface area (Å²) >= 11 is 0. The van der Waals surface area contributed by atoms with E-state index >= 15 is 0 Å². The minimum absolute atomic E-state index is 0.139. The van der Waals surface area contributed by atoms with Crippen LogP contribution < -0.4 is 5.32 Å². The Labute approximate surface area is 81.5 Å². The molecule has 0 atom stereocenters. The van der Waals surface area contributed by atoms with Crippen molar-refractivity contribution in [1.82, 2.24) is 4.90 Å². The van der Waals surface area contributed by atoms with Crippen LogP contribution in [0.25, 0.3) is 0 Å². The van der Waals surface area contributed by atoms with E-state index in [2.05, 4.69) is 5.32 Å². The number of hydrogen-bond acceptors (Lipinski definition) is 2. The molecule has 1 aromatic carbocycles. The lowest BCUT2D eigenvalue weighted by Gasteiger charge is -2.27. The second-order valence-electron chi connectivity index (χ2n) is 3.13. The molecule has 0 saturated carbocycles. The van der Waals surface area contributed by atoms with Gasteiger partial charge in [-0.15, -0.1) is 0 Å². The minimum atomic E-state index is -0.212. The fraction of sp³-hybridized carbons (Fsp3) is 0.200. The van der Waals surface area contributed by atoms with E-state index in [4.69, 9.17) is 0 Å². The topological polar surface area (TPSA) is 49.4 Å². The summed E-state index contributed by atoms with van der Waals surface area (Å²) in [7, 11) is 0. The number of aldehydes is 1. The molecule has 0 fully saturated rings. The van der Waals surface area contributed by atoms with Gasteiger partial charge in [-0.3, -0.25) is 0 Å². The van der Waals surface area contributed by atoms with Crippen molar-refractivity contribution in [3.63, 3.8) is 0 Å². The summed E-state index contributed by atoms with van der Waals surface area (Å²) < 4.78 is 0. The molecule has 0 aliphatic carbocycles. The monoisotopic (exact) mass is 190 g/mol. The number of benzene rings is 1. The predicted octanol–water partition coefficient (Wildman–Crippen LogP) is 1.23. The molecule has 1 N–H and O–H groups in total. The lowest BCUT2D eigenvalue weighted by molar-refractivity contribution is -0.108. The van der Waals surface area contributed by atoms with Crippen molar-refractivity contribution in [2.24, 2.45) is 0 Å². The SMILES string of the molecule is O=CCN1Cc2ccccc2NC1=O. The number of nitrogens with zero attached hydrogens (tertiary/aromatic N) is 1. The van der Waals surface area contributed by atoms with Gasteiger partial charge >= 0.3 is 6.03 Å². The van der Waals surface area contributed by atoms with Gasteiger partial charge in [0.15, 0.2) is 0 Å². The zero-order chi connectivity index (χ0) is 9.97. The Kier molecular flexibility index (Phi) is 2.18. The lowest BCUT2D eigenvalue weighted by atomic mass is 10.1. The first-order valence-corrected chi connectivity index (χ1v) is 4.39.